The maximum Gasteiger partial charge on any atom is 0.416 e. The smallest absolute Gasteiger partial charge is 0.399 e. The molecular formula is C20H21F3N2O2. The molecule has 0 unspecified atom stereocenters. The van der Waals surface area contributed by atoms with E-state index in [0.29, 0.717) is 17.0 Å². The van der Waals surface area contributed by atoms with Gasteiger partial charge in [-0.05, 0) is 44.0 Å². The van der Waals surface area contributed by atoms with Gasteiger partial charge in [0.05, 0.1) is 17.0 Å². The number of nitrogens with zero attached hydrogens (tertiary/aromatic N) is 2. The number of aryl methyl sites for hydroxylation is 1. The second-order valence-corrected chi connectivity index (χ2v) is 5.99. The molecule has 2 aromatic carbocycles. The number of halogens is 3. The molecule has 0 aliphatic rings. The molecule has 0 saturated heterocycles. The van der Waals surface area contributed by atoms with Gasteiger partial charge in [-0.3, -0.25) is 0 Å². The standard InChI is InChI=1S/C20H21F3N2O2/c1-13-6-5-7-18(15(3)24-26-4)19(13)12-27-25-14(2)16-8-10-17(11-9-16)20(21,22)23/h5-11H,12H2,1-4H3/b24-15-,25-14+. The van der Waals surface area contributed by atoms with Crippen LogP contribution in [0, 0.1) is 6.92 Å². The van der Waals surface area contributed by atoms with Gasteiger partial charge in [0, 0.05) is 11.1 Å². The molecule has 2 aromatic rings. The molecule has 0 atom stereocenters. The first-order chi connectivity index (χ1) is 12.7. The van der Waals surface area contributed by atoms with Gasteiger partial charge in [0.15, 0.2) is 0 Å². The summed E-state index contributed by atoms with van der Waals surface area (Å²) in [4.78, 5) is 10.3. The lowest BCUT2D eigenvalue weighted by molar-refractivity contribution is -0.137. The lowest BCUT2D eigenvalue weighted by atomic mass is 10.00. The first-order valence-electron chi connectivity index (χ1n) is 8.25. The second-order valence-electron chi connectivity index (χ2n) is 5.99. The molecule has 0 aliphatic heterocycles. The molecule has 0 radical (unpaired) electrons. The minimum absolute atomic E-state index is 0.205. The third kappa shape index (κ3) is 5.32. The van der Waals surface area contributed by atoms with Crippen LogP contribution >= 0.6 is 0 Å². The predicted molar refractivity (Wildman–Crippen MR) is 98.8 cm³/mol. The Hall–Kier alpha value is -2.83. The second kappa shape index (κ2) is 8.70. The molecule has 0 bridgehead atoms. The fourth-order valence-electron chi connectivity index (χ4n) is 2.57. The monoisotopic (exact) mass is 378 g/mol. The van der Waals surface area contributed by atoms with Gasteiger partial charge in [0.1, 0.15) is 13.7 Å². The van der Waals surface area contributed by atoms with Crippen molar-refractivity contribution < 1.29 is 22.8 Å². The summed E-state index contributed by atoms with van der Waals surface area (Å²) in [6.07, 6.45) is -4.36. The summed E-state index contributed by atoms with van der Waals surface area (Å²) < 4.78 is 37.9. The van der Waals surface area contributed by atoms with Crippen LogP contribution < -0.4 is 0 Å². The maximum atomic E-state index is 12.6. The number of benzene rings is 2. The summed E-state index contributed by atoms with van der Waals surface area (Å²) in [6, 6.07) is 10.6. The lowest BCUT2D eigenvalue weighted by Crippen LogP contribution is -2.06. The van der Waals surface area contributed by atoms with Crippen molar-refractivity contribution in [1.82, 2.24) is 0 Å². The quantitative estimate of drug-likeness (QED) is 0.504. The van der Waals surface area contributed by atoms with Crippen LogP contribution in [0.25, 0.3) is 0 Å². The van der Waals surface area contributed by atoms with Gasteiger partial charge in [0.25, 0.3) is 0 Å². The molecule has 2 rings (SSSR count). The molecule has 0 saturated carbocycles. The Labute approximate surface area is 156 Å². The van der Waals surface area contributed by atoms with Crippen LogP contribution in [0.15, 0.2) is 52.8 Å². The van der Waals surface area contributed by atoms with Crippen molar-refractivity contribution in [2.24, 2.45) is 10.3 Å². The number of hydrogen-bond acceptors (Lipinski definition) is 4. The molecule has 0 amide bonds. The maximum absolute atomic E-state index is 12.6. The average Bonchev–Trinajstić information content (AvgIpc) is 2.62. The van der Waals surface area contributed by atoms with Crippen molar-refractivity contribution in [1.29, 1.82) is 0 Å². The Morgan fingerprint density at radius 2 is 1.63 bits per heavy atom. The highest BCUT2D eigenvalue weighted by Gasteiger charge is 2.30. The number of rotatable bonds is 6. The highest BCUT2D eigenvalue weighted by molar-refractivity contribution is 6.00. The largest absolute Gasteiger partial charge is 0.416 e. The Balaban J connectivity index is 2.14. The first-order valence-corrected chi connectivity index (χ1v) is 8.25. The molecule has 0 heterocycles. The van der Waals surface area contributed by atoms with E-state index in [2.05, 4.69) is 10.3 Å². The summed E-state index contributed by atoms with van der Waals surface area (Å²) in [6.45, 7) is 5.67. The fraction of sp³-hybridized carbons (Fsp3) is 0.300. The SMILES string of the molecule is CO/N=C(/C)c1cccc(C)c1CO/N=C(\C)c1ccc(C(F)(F)F)cc1. The summed E-state index contributed by atoms with van der Waals surface area (Å²) >= 11 is 0. The molecule has 0 spiro atoms. The topological polar surface area (TPSA) is 43.2 Å². The van der Waals surface area contributed by atoms with Crippen molar-refractivity contribution in [3.8, 4) is 0 Å². The average molecular weight is 378 g/mol. The number of hydrogen-bond donors (Lipinski definition) is 0. The van der Waals surface area contributed by atoms with Gasteiger partial charge in [-0.1, -0.05) is 40.6 Å². The van der Waals surface area contributed by atoms with Crippen molar-refractivity contribution in [3.63, 3.8) is 0 Å². The van der Waals surface area contributed by atoms with Gasteiger partial charge >= 0.3 is 6.18 Å². The summed E-state index contributed by atoms with van der Waals surface area (Å²) in [5.74, 6) is 0. The third-order valence-electron chi connectivity index (χ3n) is 4.07. The van der Waals surface area contributed by atoms with E-state index in [9.17, 15) is 13.2 Å². The van der Waals surface area contributed by atoms with E-state index >= 15 is 0 Å². The van der Waals surface area contributed by atoms with Gasteiger partial charge in [-0.25, -0.2) is 0 Å². The minimum Gasteiger partial charge on any atom is -0.399 e. The zero-order valence-electron chi connectivity index (χ0n) is 15.6. The molecule has 0 aliphatic carbocycles. The summed E-state index contributed by atoms with van der Waals surface area (Å²) in [5.41, 5.74) is 3.88. The first kappa shape index (κ1) is 20.5. The molecule has 4 nitrogen and oxygen atoms in total. The van der Waals surface area contributed by atoms with Crippen LogP contribution in [0.2, 0.25) is 0 Å². The molecular weight excluding hydrogens is 357 g/mol. The van der Waals surface area contributed by atoms with E-state index in [1.807, 2.05) is 32.0 Å². The van der Waals surface area contributed by atoms with Crippen molar-refractivity contribution >= 4 is 11.4 Å². The molecule has 27 heavy (non-hydrogen) atoms. The third-order valence-corrected chi connectivity index (χ3v) is 4.07. The zero-order chi connectivity index (χ0) is 20.0. The van der Waals surface area contributed by atoms with E-state index in [1.54, 1.807) is 6.92 Å². The fourth-order valence-corrected chi connectivity index (χ4v) is 2.57. The van der Waals surface area contributed by atoms with Crippen molar-refractivity contribution in [2.45, 2.75) is 33.6 Å². The van der Waals surface area contributed by atoms with E-state index in [4.69, 9.17) is 9.68 Å². The Bertz CT molecular complexity index is 841. The minimum atomic E-state index is -4.36. The molecule has 144 valence electrons. The van der Waals surface area contributed by atoms with E-state index in [-0.39, 0.29) is 6.61 Å². The summed E-state index contributed by atoms with van der Waals surface area (Å²) in [7, 11) is 1.48. The Morgan fingerprint density at radius 3 is 2.22 bits per heavy atom. The van der Waals surface area contributed by atoms with Crippen LogP contribution in [0.5, 0.6) is 0 Å². The lowest BCUT2D eigenvalue weighted by Gasteiger charge is -2.12. The zero-order valence-corrected chi connectivity index (χ0v) is 15.6. The summed E-state index contributed by atoms with van der Waals surface area (Å²) in [5, 5.41) is 7.98. The van der Waals surface area contributed by atoms with E-state index in [1.165, 1.54) is 19.2 Å². The molecule has 7 heteroatoms. The van der Waals surface area contributed by atoms with Crippen LogP contribution in [-0.2, 0) is 22.5 Å². The Morgan fingerprint density at radius 1 is 0.963 bits per heavy atom. The molecule has 0 fully saturated rings. The van der Waals surface area contributed by atoms with Gasteiger partial charge in [-0.2, -0.15) is 13.2 Å². The normalized spacial score (nSPS) is 12.9. The van der Waals surface area contributed by atoms with Crippen LogP contribution in [0.4, 0.5) is 13.2 Å². The Kier molecular flexibility index (Phi) is 6.60. The molecule has 0 N–H and O–H groups in total. The highest BCUT2D eigenvalue weighted by atomic mass is 19.4. The van der Waals surface area contributed by atoms with Crippen molar-refractivity contribution in [3.05, 3.63) is 70.3 Å². The van der Waals surface area contributed by atoms with Gasteiger partial charge < -0.3 is 9.68 Å². The van der Waals surface area contributed by atoms with Gasteiger partial charge in [0.2, 0.25) is 0 Å². The highest BCUT2D eigenvalue weighted by Crippen LogP contribution is 2.29. The van der Waals surface area contributed by atoms with E-state index < -0.39 is 11.7 Å². The van der Waals surface area contributed by atoms with Crippen LogP contribution in [0.1, 0.15) is 41.7 Å². The predicted octanol–water partition coefficient (Wildman–Crippen LogP) is 5.33. The van der Waals surface area contributed by atoms with Crippen LogP contribution in [-0.4, -0.2) is 18.5 Å². The molecule has 0 aromatic heterocycles. The number of oxime groups is 2. The van der Waals surface area contributed by atoms with Crippen LogP contribution in [0.3, 0.4) is 0 Å². The van der Waals surface area contributed by atoms with Gasteiger partial charge in [-0.15, -0.1) is 0 Å². The van der Waals surface area contributed by atoms with E-state index in [0.717, 1.165) is 28.8 Å². The number of alkyl halides is 3. The van der Waals surface area contributed by atoms with Crippen molar-refractivity contribution in [2.75, 3.05) is 7.11 Å².